The summed E-state index contributed by atoms with van der Waals surface area (Å²) in [6.07, 6.45) is 3.11. The molecular formula is C12H18ClN. The predicted octanol–water partition coefficient (Wildman–Crippen LogP) is 3.70. The molecule has 78 valence electrons. The van der Waals surface area contributed by atoms with Gasteiger partial charge in [-0.2, -0.15) is 0 Å². The number of aryl methyl sites for hydroxylation is 1. The second-order valence-electron chi connectivity index (χ2n) is 3.60. The number of halogens is 1. The highest BCUT2D eigenvalue weighted by molar-refractivity contribution is 6.31. The van der Waals surface area contributed by atoms with Crippen LogP contribution in [-0.4, -0.2) is 0 Å². The van der Waals surface area contributed by atoms with Crippen molar-refractivity contribution in [3.63, 3.8) is 0 Å². The highest BCUT2D eigenvalue weighted by Crippen LogP contribution is 2.25. The van der Waals surface area contributed by atoms with E-state index in [1.54, 1.807) is 0 Å². The first kappa shape index (κ1) is 11.5. The van der Waals surface area contributed by atoms with Gasteiger partial charge < -0.3 is 5.73 Å². The molecule has 1 aromatic carbocycles. The van der Waals surface area contributed by atoms with Crippen LogP contribution in [0.5, 0.6) is 0 Å². The van der Waals surface area contributed by atoms with E-state index in [2.05, 4.69) is 26.0 Å². The normalized spacial score (nSPS) is 12.9. The SMILES string of the molecule is CCCC(N)c1cc(CC)ccc1Cl. The first-order valence-electron chi connectivity index (χ1n) is 5.23. The molecule has 0 amide bonds. The standard InChI is InChI=1S/C12H18ClN/c1-3-5-12(14)10-8-9(4-2)6-7-11(10)13/h6-8,12H,3-5,14H2,1-2H3. The number of hydrogen-bond acceptors (Lipinski definition) is 1. The minimum Gasteiger partial charge on any atom is -0.324 e. The van der Waals surface area contributed by atoms with E-state index >= 15 is 0 Å². The van der Waals surface area contributed by atoms with Crippen LogP contribution in [0.15, 0.2) is 18.2 Å². The lowest BCUT2D eigenvalue weighted by Crippen LogP contribution is -2.10. The Kier molecular flexibility index (Phi) is 4.43. The Bertz CT molecular complexity index is 296. The van der Waals surface area contributed by atoms with Crippen LogP contribution < -0.4 is 5.73 Å². The molecule has 2 heteroatoms. The molecule has 0 radical (unpaired) electrons. The van der Waals surface area contributed by atoms with Crippen molar-refractivity contribution in [1.29, 1.82) is 0 Å². The molecule has 1 unspecified atom stereocenters. The van der Waals surface area contributed by atoms with Crippen LogP contribution in [0.2, 0.25) is 5.02 Å². The van der Waals surface area contributed by atoms with Crippen molar-refractivity contribution in [2.24, 2.45) is 5.73 Å². The monoisotopic (exact) mass is 211 g/mol. The van der Waals surface area contributed by atoms with E-state index in [4.69, 9.17) is 17.3 Å². The summed E-state index contributed by atoms with van der Waals surface area (Å²) in [6, 6.07) is 6.22. The number of hydrogen-bond donors (Lipinski definition) is 1. The van der Waals surface area contributed by atoms with Gasteiger partial charge in [-0.05, 0) is 30.0 Å². The van der Waals surface area contributed by atoms with Gasteiger partial charge in [-0.3, -0.25) is 0 Å². The van der Waals surface area contributed by atoms with Gasteiger partial charge in [-0.25, -0.2) is 0 Å². The zero-order valence-electron chi connectivity index (χ0n) is 8.89. The Morgan fingerprint density at radius 1 is 1.36 bits per heavy atom. The maximum atomic E-state index is 6.10. The summed E-state index contributed by atoms with van der Waals surface area (Å²) in [5, 5.41) is 0.795. The Morgan fingerprint density at radius 2 is 2.07 bits per heavy atom. The molecule has 2 N–H and O–H groups in total. The summed E-state index contributed by atoms with van der Waals surface area (Å²) in [5.41, 5.74) is 8.44. The molecule has 1 atom stereocenters. The smallest absolute Gasteiger partial charge is 0.0453 e. The van der Waals surface area contributed by atoms with Crippen LogP contribution in [0.1, 0.15) is 43.9 Å². The van der Waals surface area contributed by atoms with Gasteiger partial charge in [0.25, 0.3) is 0 Å². The molecule has 0 aliphatic heterocycles. The fourth-order valence-electron chi connectivity index (χ4n) is 1.56. The molecular weight excluding hydrogens is 194 g/mol. The van der Waals surface area contributed by atoms with Crippen molar-refractivity contribution < 1.29 is 0 Å². The Morgan fingerprint density at radius 3 is 2.64 bits per heavy atom. The number of rotatable bonds is 4. The van der Waals surface area contributed by atoms with Gasteiger partial charge in [0.15, 0.2) is 0 Å². The van der Waals surface area contributed by atoms with Crippen LogP contribution in [0.3, 0.4) is 0 Å². The van der Waals surface area contributed by atoms with E-state index in [0.29, 0.717) is 0 Å². The third kappa shape index (κ3) is 2.73. The lowest BCUT2D eigenvalue weighted by Gasteiger charge is -2.13. The first-order valence-corrected chi connectivity index (χ1v) is 5.60. The van der Waals surface area contributed by atoms with Crippen LogP contribution in [0, 0.1) is 0 Å². The van der Waals surface area contributed by atoms with Crippen molar-refractivity contribution in [2.45, 2.75) is 39.2 Å². The highest BCUT2D eigenvalue weighted by atomic mass is 35.5. The fraction of sp³-hybridized carbons (Fsp3) is 0.500. The molecule has 1 nitrogen and oxygen atoms in total. The van der Waals surface area contributed by atoms with E-state index in [-0.39, 0.29) is 6.04 Å². The van der Waals surface area contributed by atoms with Gasteiger partial charge in [0, 0.05) is 11.1 Å². The first-order chi connectivity index (χ1) is 6.69. The van der Waals surface area contributed by atoms with Crippen molar-refractivity contribution in [1.82, 2.24) is 0 Å². The summed E-state index contributed by atoms with van der Waals surface area (Å²) in [7, 11) is 0. The molecule has 0 fully saturated rings. The van der Waals surface area contributed by atoms with E-state index < -0.39 is 0 Å². The second kappa shape index (κ2) is 5.38. The Labute approximate surface area is 91.3 Å². The summed E-state index contributed by atoms with van der Waals surface area (Å²) < 4.78 is 0. The zero-order valence-corrected chi connectivity index (χ0v) is 9.64. The van der Waals surface area contributed by atoms with E-state index in [0.717, 1.165) is 29.8 Å². The molecule has 0 aliphatic rings. The summed E-state index contributed by atoms with van der Waals surface area (Å²) in [4.78, 5) is 0. The molecule has 1 aromatic rings. The van der Waals surface area contributed by atoms with Crippen molar-refractivity contribution in [3.8, 4) is 0 Å². The predicted molar refractivity (Wildman–Crippen MR) is 62.7 cm³/mol. The average molecular weight is 212 g/mol. The second-order valence-corrected chi connectivity index (χ2v) is 4.01. The van der Waals surface area contributed by atoms with Crippen molar-refractivity contribution in [3.05, 3.63) is 34.3 Å². The average Bonchev–Trinajstić information content (AvgIpc) is 2.19. The molecule has 0 bridgehead atoms. The Hall–Kier alpha value is -0.530. The van der Waals surface area contributed by atoms with Crippen LogP contribution >= 0.6 is 11.6 Å². The van der Waals surface area contributed by atoms with E-state index in [1.807, 2.05) is 6.07 Å². The number of benzene rings is 1. The van der Waals surface area contributed by atoms with Gasteiger partial charge in [0.2, 0.25) is 0 Å². The maximum absolute atomic E-state index is 6.10. The third-order valence-corrected chi connectivity index (χ3v) is 2.81. The molecule has 14 heavy (non-hydrogen) atoms. The molecule has 0 saturated carbocycles. The molecule has 0 saturated heterocycles. The third-order valence-electron chi connectivity index (χ3n) is 2.47. The Balaban J connectivity index is 2.93. The fourth-order valence-corrected chi connectivity index (χ4v) is 1.82. The van der Waals surface area contributed by atoms with Crippen LogP contribution in [-0.2, 0) is 6.42 Å². The van der Waals surface area contributed by atoms with Crippen molar-refractivity contribution in [2.75, 3.05) is 0 Å². The molecule has 0 spiro atoms. The minimum absolute atomic E-state index is 0.0824. The quantitative estimate of drug-likeness (QED) is 0.808. The van der Waals surface area contributed by atoms with Gasteiger partial charge in [-0.1, -0.05) is 44.0 Å². The largest absolute Gasteiger partial charge is 0.324 e. The van der Waals surface area contributed by atoms with E-state index in [1.165, 1.54) is 5.56 Å². The molecule has 0 heterocycles. The zero-order chi connectivity index (χ0) is 10.6. The van der Waals surface area contributed by atoms with Gasteiger partial charge >= 0.3 is 0 Å². The number of nitrogens with two attached hydrogens (primary N) is 1. The highest BCUT2D eigenvalue weighted by Gasteiger charge is 2.09. The van der Waals surface area contributed by atoms with Gasteiger partial charge in [-0.15, -0.1) is 0 Å². The summed E-state index contributed by atoms with van der Waals surface area (Å²) in [5.74, 6) is 0. The maximum Gasteiger partial charge on any atom is 0.0453 e. The van der Waals surface area contributed by atoms with E-state index in [9.17, 15) is 0 Å². The molecule has 0 aromatic heterocycles. The van der Waals surface area contributed by atoms with Crippen LogP contribution in [0.4, 0.5) is 0 Å². The minimum atomic E-state index is 0.0824. The van der Waals surface area contributed by atoms with Crippen molar-refractivity contribution >= 4 is 11.6 Å². The van der Waals surface area contributed by atoms with Gasteiger partial charge in [0.1, 0.15) is 0 Å². The molecule has 0 aliphatic carbocycles. The lowest BCUT2D eigenvalue weighted by atomic mass is 10.00. The lowest BCUT2D eigenvalue weighted by molar-refractivity contribution is 0.638. The van der Waals surface area contributed by atoms with Gasteiger partial charge in [0.05, 0.1) is 0 Å². The molecule has 1 rings (SSSR count). The topological polar surface area (TPSA) is 26.0 Å². The summed E-state index contributed by atoms with van der Waals surface area (Å²) in [6.45, 7) is 4.27. The summed E-state index contributed by atoms with van der Waals surface area (Å²) >= 11 is 6.10. The van der Waals surface area contributed by atoms with Crippen LogP contribution in [0.25, 0.3) is 0 Å².